The Kier molecular flexibility index (Phi) is 4.01. The minimum absolute atomic E-state index is 0.406. The van der Waals surface area contributed by atoms with Crippen molar-refractivity contribution in [3.05, 3.63) is 11.1 Å². The highest BCUT2D eigenvalue weighted by Gasteiger charge is 2.27. The molecule has 1 aromatic heterocycles. The fraction of sp³-hybridized carbons (Fsp3) is 0.750. The number of thiazole rings is 1. The minimum atomic E-state index is -0.406. The van der Waals surface area contributed by atoms with Crippen LogP contribution in [0.1, 0.15) is 30.7 Å². The van der Waals surface area contributed by atoms with Gasteiger partial charge in [0.25, 0.3) is 0 Å². The van der Waals surface area contributed by atoms with Crippen molar-refractivity contribution in [3.8, 4) is 0 Å². The molecule has 2 rings (SSSR count). The Bertz CT molecular complexity index is 364. The fourth-order valence-corrected chi connectivity index (χ4v) is 3.25. The molecule has 2 heterocycles. The number of likely N-dealkylation sites (N-methyl/N-ethyl adjacent to an activating group) is 1. The molecule has 1 aromatic rings. The Morgan fingerprint density at radius 1 is 1.65 bits per heavy atom. The van der Waals surface area contributed by atoms with Gasteiger partial charge in [-0.25, -0.2) is 4.98 Å². The van der Waals surface area contributed by atoms with E-state index in [1.807, 2.05) is 0 Å². The van der Waals surface area contributed by atoms with E-state index in [4.69, 9.17) is 0 Å². The van der Waals surface area contributed by atoms with Gasteiger partial charge in [0, 0.05) is 25.3 Å². The summed E-state index contributed by atoms with van der Waals surface area (Å²) in [5, 5.41) is 10.6. The van der Waals surface area contributed by atoms with E-state index >= 15 is 0 Å². The summed E-state index contributed by atoms with van der Waals surface area (Å²) in [6.07, 6.45) is 3.87. The smallest absolute Gasteiger partial charge is 0.185 e. The Morgan fingerprint density at radius 2 is 2.41 bits per heavy atom. The topological polar surface area (TPSA) is 39.6 Å². The summed E-state index contributed by atoms with van der Waals surface area (Å²) in [6, 6.07) is 0.568. The highest BCUT2D eigenvalue weighted by atomic mass is 32.1. The summed E-state index contributed by atoms with van der Waals surface area (Å²) in [7, 11) is 4.22. The second kappa shape index (κ2) is 5.33. The maximum Gasteiger partial charge on any atom is 0.185 e. The molecule has 2 unspecified atom stereocenters. The molecular weight excluding hydrogens is 234 g/mol. The quantitative estimate of drug-likeness (QED) is 0.889. The molecule has 0 saturated carbocycles. The van der Waals surface area contributed by atoms with Crippen molar-refractivity contribution in [2.24, 2.45) is 0 Å². The Hall–Kier alpha value is -0.650. The van der Waals surface area contributed by atoms with Gasteiger partial charge in [-0.05, 0) is 33.9 Å². The zero-order chi connectivity index (χ0) is 12.4. The molecule has 1 fully saturated rings. The fourth-order valence-electron chi connectivity index (χ4n) is 2.30. The third-order valence-corrected chi connectivity index (χ3v) is 4.33. The third-order valence-electron chi connectivity index (χ3n) is 3.12. The molecule has 0 bridgehead atoms. The van der Waals surface area contributed by atoms with Gasteiger partial charge in [0.15, 0.2) is 5.13 Å². The number of aromatic nitrogens is 1. The van der Waals surface area contributed by atoms with E-state index < -0.39 is 6.10 Å². The van der Waals surface area contributed by atoms with Crippen LogP contribution in [0.25, 0.3) is 0 Å². The van der Waals surface area contributed by atoms with Crippen molar-refractivity contribution in [2.45, 2.75) is 31.9 Å². The van der Waals surface area contributed by atoms with Crippen molar-refractivity contribution in [1.29, 1.82) is 0 Å². The van der Waals surface area contributed by atoms with Crippen LogP contribution < -0.4 is 4.90 Å². The molecule has 2 atom stereocenters. The van der Waals surface area contributed by atoms with Gasteiger partial charge in [0.2, 0.25) is 0 Å². The number of hydrogen-bond donors (Lipinski definition) is 1. The molecule has 0 aliphatic carbocycles. The lowest BCUT2D eigenvalue weighted by Gasteiger charge is -2.26. The normalized spacial score (nSPS) is 22.4. The van der Waals surface area contributed by atoms with Gasteiger partial charge >= 0.3 is 0 Å². The number of nitrogens with zero attached hydrogens (tertiary/aromatic N) is 3. The van der Waals surface area contributed by atoms with Crippen LogP contribution in [0.5, 0.6) is 0 Å². The van der Waals surface area contributed by atoms with Crippen molar-refractivity contribution in [1.82, 2.24) is 9.88 Å². The lowest BCUT2D eigenvalue weighted by molar-refractivity contribution is 0.203. The standard InChI is InChI=1S/C12H21N3OS/c1-9(16)11-7-13-12(17-11)15-6-4-5-10(15)8-14(2)3/h7,9-10,16H,4-6,8H2,1-3H3. The Labute approximate surface area is 107 Å². The van der Waals surface area contributed by atoms with Gasteiger partial charge < -0.3 is 14.9 Å². The molecule has 0 spiro atoms. The van der Waals surface area contributed by atoms with Gasteiger partial charge in [0.1, 0.15) is 0 Å². The molecule has 1 saturated heterocycles. The van der Waals surface area contributed by atoms with Crippen LogP contribution in [0.15, 0.2) is 6.20 Å². The zero-order valence-electron chi connectivity index (χ0n) is 10.8. The van der Waals surface area contributed by atoms with Gasteiger partial charge in [-0.15, -0.1) is 0 Å². The second-order valence-electron chi connectivity index (χ2n) is 4.97. The molecule has 4 nitrogen and oxygen atoms in total. The highest BCUT2D eigenvalue weighted by Crippen LogP contribution is 2.32. The number of aliphatic hydroxyl groups excluding tert-OH is 1. The molecular formula is C12H21N3OS. The highest BCUT2D eigenvalue weighted by molar-refractivity contribution is 7.15. The van der Waals surface area contributed by atoms with Crippen LogP contribution in [-0.4, -0.2) is 48.2 Å². The summed E-state index contributed by atoms with van der Waals surface area (Å²) in [5.41, 5.74) is 0. The maximum absolute atomic E-state index is 9.53. The Morgan fingerprint density at radius 3 is 3.00 bits per heavy atom. The summed E-state index contributed by atoms with van der Waals surface area (Å²) < 4.78 is 0. The number of rotatable bonds is 4. The van der Waals surface area contributed by atoms with Crippen LogP contribution in [-0.2, 0) is 0 Å². The predicted octanol–water partition coefficient (Wildman–Crippen LogP) is 1.73. The zero-order valence-corrected chi connectivity index (χ0v) is 11.6. The third kappa shape index (κ3) is 2.97. The lowest BCUT2D eigenvalue weighted by Crippen LogP contribution is -2.37. The molecule has 17 heavy (non-hydrogen) atoms. The van der Waals surface area contributed by atoms with Crippen LogP contribution in [0.2, 0.25) is 0 Å². The van der Waals surface area contributed by atoms with Crippen LogP contribution >= 0.6 is 11.3 Å². The first-order valence-electron chi connectivity index (χ1n) is 6.13. The van der Waals surface area contributed by atoms with Crippen molar-refractivity contribution in [3.63, 3.8) is 0 Å². The first kappa shape index (κ1) is 12.8. The SMILES string of the molecule is CC(O)c1cnc(N2CCCC2CN(C)C)s1. The molecule has 96 valence electrons. The monoisotopic (exact) mass is 255 g/mol. The van der Waals surface area contributed by atoms with Crippen LogP contribution in [0.3, 0.4) is 0 Å². The summed E-state index contributed by atoms with van der Waals surface area (Å²) in [4.78, 5) is 10.0. The first-order chi connectivity index (χ1) is 8.08. The lowest BCUT2D eigenvalue weighted by atomic mass is 10.2. The first-order valence-corrected chi connectivity index (χ1v) is 6.94. The number of hydrogen-bond acceptors (Lipinski definition) is 5. The minimum Gasteiger partial charge on any atom is -0.388 e. The number of aliphatic hydroxyl groups is 1. The predicted molar refractivity (Wildman–Crippen MR) is 71.7 cm³/mol. The molecule has 5 heteroatoms. The maximum atomic E-state index is 9.53. The molecule has 1 aliphatic rings. The van der Waals surface area contributed by atoms with E-state index in [1.165, 1.54) is 12.8 Å². The van der Waals surface area contributed by atoms with Gasteiger partial charge in [0.05, 0.1) is 11.0 Å². The van der Waals surface area contributed by atoms with Crippen LogP contribution in [0.4, 0.5) is 5.13 Å². The number of anilines is 1. The van der Waals surface area contributed by atoms with Crippen molar-refractivity contribution in [2.75, 3.05) is 32.1 Å². The Balaban J connectivity index is 2.09. The largest absolute Gasteiger partial charge is 0.388 e. The van der Waals surface area contributed by atoms with E-state index in [9.17, 15) is 5.11 Å². The summed E-state index contributed by atoms with van der Waals surface area (Å²) in [5.74, 6) is 0. The van der Waals surface area contributed by atoms with E-state index in [2.05, 4.69) is 28.9 Å². The van der Waals surface area contributed by atoms with Crippen molar-refractivity contribution >= 4 is 16.5 Å². The molecule has 1 aliphatic heterocycles. The van der Waals surface area contributed by atoms with E-state index in [0.29, 0.717) is 6.04 Å². The molecule has 0 aromatic carbocycles. The molecule has 1 N–H and O–H groups in total. The summed E-state index contributed by atoms with van der Waals surface area (Å²) >= 11 is 1.62. The summed E-state index contributed by atoms with van der Waals surface area (Å²) in [6.45, 7) is 3.95. The van der Waals surface area contributed by atoms with Gasteiger partial charge in [-0.2, -0.15) is 0 Å². The second-order valence-corrected chi connectivity index (χ2v) is 6.01. The van der Waals surface area contributed by atoms with Crippen molar-refractivity contribution < 1.29 is 5.11 Å². The molecule has 0 amide bonds. The van der Waals surface area contributed by atoms with E-state index in [-0.39, 0.29) is 0 Å². The molecule has 0 radical (unpaired) electrons. The van der Waals surface area contributed by atoms with E-state index in [0.717, 1.165) is 23.1 Å². The van der Waals surface area contributed by atoms with Gasteiger partial charge in [-0.1, -0.05) is 11.3 Å². The van der Waals surface area contributed by atoms with Crippen LogP contribution in [0, 0.1) is 0 Å². The average molecular weight is 255 g/mol. The van der Waals surface area contributed by atoms with Gasteiger partial charge in [-0.3, -0.25) is 0 Å². The average Bonchev–Trinajstić information content (AvgIpc) is 2.83. The van der Waals surface area contributed by atoms with E-state index in [1.54, 1.807) is 24.5 Å².